The number of aliphatic hydroxyl groups excluding tert-OH is 1. The Bertz CT molecular complexity index is 1180. The quantitative estimate of drug-likeness (QED) is 0.442. The number of fused-ring (bicyclic) bond motifs is 1. The largest absolute Gasteiger partial charge is 0.497 e. The van der Waals surface area contributed by atoms with Gasteiger partial charge in [-0.25, -0.2) is 4.39 Å². The molecule has 0 aliphatic carbocycles. The van der Waals surface area contributed by atoms with Crippen molar-refractivity contribution in [1.29, 1.82) is 0 Å². The van der Waals surface area contributed by atoms with Crippen LogP contribution in [-0.4, -0.2) is 48.3 Å². The maximum absolute atomic E-state index is 15.4. The second-order valence-electron chi connectivity index (χ2n) is 8.87. The first kappa shape index (κ1) is 24.5. The SMILES string of the molecule is COc1ccc2nccc(C(F)CC[C@@H]3CCN(CC#Cc4cccc(Cl)c4)C[C@@H]3CO)c2c1. The lowest BCUT2D eigenvalue weighted by molar-refractivity contribution is 0.0708. The lowest BCUT2D eigenvalue weighted by Crippen LogP contribution is -2.42. The predicted octanol–water partition coefficient (Wildman–Crippen LogP) is 5.67. The molecule has 1 aliphatic rings. The molecule has 1 saturated heterocycles. The van der Waals surface area contributed by atoms with Gasteiger partial charge in [0.2, 0.25) is 0 Å². The average Bonchev–Trinajstić information content (AvgIpc) is 2.87. The molecule has 4 nitrogen and oxygen atoms in total. The van der Waals surface area contributed by atoms with Gasteiger partial charge in [0.05, 0.1) is 19.2 Å². The van der Waals surface area contributed by atoms with E-state index in [4.69, 9.17) is 16.3 Å². The highest BCUT2D eigenvalue weighted by Gasteiger charge is 2.29. The summed E-state index contributed by atoms with van der Waals surface area (Å²) in [6.45, 7) is 2.43. The Labute approximate surface area is 205 Å². The molecule has 1 unspecified atom stereocenters. The van der Waals surface area contributed by atoms with E-state index in [0.29, 0.717) is 35.2 Å². The number of nitrogens with zero attached hydrogens (tertiary/aromatic N) is 2. The zero-order chi connectivity index (χ0) is 23.9. The number of rotatable bonds is 7. The van der Waals surface area contributed by atoms with Crippen molar-refractivity contribution < 1.29 is 14.2 Å². The van der Waals surface area contributed by atoms with E-state index in [-0.39, 0.29) is 12.5 Å². The van der Waals surface area contributed by atoms with Gasteiger partial charge in [-0.1, -0.05) is 29.5 Å². The lowest BCUT2D eigenvalue weighted by atomic mass is 9.81. The first-order valence-electron chi connectivity index (χ1n) is 11.7. The molecular weight excluding hydrogens is 451 g/mol. The minimum absolute atomic E-state index is 0.106. The van der Waals surface area contributed by atoms with Gasteiger partial charge in [0.25, 0.3) is 0 Å². The van der Waals surface area contributed by atoms with Crippen molar-refractivity contribution in [3.8, 4) is 17.6 Å². The number of alkyl halides is 1. The number of ether oxygens (including phenoxy) is 1. The maximum atomic E-state index is 15.4. The molecule has 0 amide bonds. The fourth-order valence-electron chi connectivity index (χ4n) is 4.77. The molecule has 0 radical (unpaired) electrons. The van der Waals surface area contributed by atoms with Gasteiger partial charge < -0.3 is 9.84 Å². The topological polar surface area (TPSA) is 45.6 Å². The molecule has 0 bridgehead atoms. The van der Waals surface area contributed by atoms with Crippen LogP contribution in [0.4, 0.5) is 4.39 Å². The van der Waals surface area contributed by atoms with Gasteiger partial charge >= 0.3 is 0 Å². The van der Waals surface area contributed by atoms with E-state index < -0.39 is 6.17 Å². The Balaban J connectivity index is 1.34. The predicted molar refractivity (Wildman–Crippen MR) is 135 cm³/mol. The van der Waals surface area contributed by atoms with Crippen LogP contribution in [0.1, 0.15) is 36.6 Å². The van der Waals surface area contributed by atoms with Gasteiger partial charge in [-0.2, -0.15) is 0 Å². The van der Waals surface area contributed by atoms with Crippen molar-refractivity contribution in [2.24, 2.45) is 11.8 Å². The Hall–Kier alpha value is -2.65. The van der Waals surface area contributed by atoms with E-state index in [0.717, 1.165) is 42.4 Å². The summed E-state index contributed by atoms with van der Waals surface area (Å²) in [5, 5.41) is 11.5. The second-order valence-corrected chi connectivity index (χ2v) is 9.30. The minimum atomic E-state index is -1.08. The summed E-state index contributed by atoms with van der Waals surface area (Å²) in [7, 11) is 1.61. The number of piperidine rings is 1. The molecule has 0 spiro atoms. The van der Waals surface area contributed by atoms with E-state index in [1.807, 2.05) is 42.5 Å². The summed E-state index contributed by atoms with van der Waals surface area (Å²) in [4.78, 5) is 6.62. The van der Waals surface area contributed by atoms with Crippen LogP contribution < -0.4 is 4.74 Å². The van der Waals surface area contributed by atoms with Crippen molar-refractivity contribution in [2.45, 2.75) is 25.4 Å². The van der Waals surface area contributed by atoms with Crippen LogP contribution >= 0.6 is 11.6 Å². The molecule has 3 aromatic rings. The zero-order valence-electron chi connectivity index (χ0n) is 19.4. The van der Waals surface area contributed by atoms with Crippen LogP contribution in [0.3, 0.4) is 0 Å². The second kappa shape index (κ2) is 11.7. The standard InChI is InChI=1S/C28H30ClFN2O2/c1-34-24-8-10-28-26(17-24)25(11-13-31-28)27(30)9-7-21-12-15-32(18-22(21)19-33)14-3-5-20-4-2-6-23(29)16-20/h2,4,6,8,10-11,13,16-17,21-22,27,33H,7,9,12,14-15,18-19H2,1H3/t21-,22-,27?/m1/s1. The molecule has 1 aliphatic heterocycles. The van der Waals surface area contributed by atoms with Crippen LogP contribution in [0.15, 0.2) is 54.7 Å². The fraction of sp³-hybridized carbons (Fsp3) is 0.393. The van der Waals surface area contributed by atoms with Crippen LogP contribution in [-0.2, 0) is 0 Å². The highest BCUT2D eigenvalue weighted by molar-refractivity contribution is 6.30. The molecule has 6 heteroatoms. The number of methoxy groups -OCH3 is 1. The van der Waals surface area contributed by atoms with E-state index >= 15 is 4.39 Å². The number of halogens is 2. The molecule has 0 saturated carbocycles. The van der Waals surface area contributed by atoms with Gasteiger partial charge in [0.15, 0.2) is 0 Å². The number of aliphatic hydroxyl groups is 1. The third-order valence-corrected chi connectivity index (χ3v) is 6.92. The monoisotopic (exact) mass is 480 g/mol. The smallest absolute Gasteiger partial charge is 0.126 e. The summed E-state index contributed by atoms with van der Waals surface area (Å²) < 4.78 is 20.7. The van der Waals surface area contributed by atoms with Crippen molar-refractivity contribution >= 4 is 22.5 Å². The Morgan fingerprint density at radius 3 is 2.91 bits per heavy atom. The van der Waals surface area contributed by atoms with Gasteiger partial charge in [0.1, 0.15) is 11.9 Å². The average molecular weight is 481 g/mol. The molecule has 4 rings (SSSR count). The minimum Gasteiger partial charge on any atom is -0.497 e. The number of pyridine rings is 1. The maximum Gasteiger partial charge on any atom is 0.126 e. The lowest BCUT2D eigenvalue weighted by Gasteiger charge is -2.37. The molecule has 1 aromatic heterocycles. The van der Waals surface area contributed by atoms with Gasteiger partial charge in [-0.3, -0.25) is 9.88 Å². The Morgan fingerprint density at radius 1 is 1.24 bits per heavy atom. The summed E-state index contributed by atoms with van der Waals surface area (Å²) in [6.07, 6.45) is 2.67. The van der Waals surface area contributed by atoms with Crippen molar-refractivity contribution in [3.05, 3.63) is 70.9 Å². The summed E-state index contributed by atoms with van der Waals surface area (Å²) >= 11 is 6.02. The summed E-state index contributed by atoms with van der Waals surface area (Å²) in [5.74, 6) is 7.49. The molecular formula is C28H30ClFN2O2. The van der Waals surface area contributed by atoms with Crippen LogP contribution in [0.5, 0.6) is 5.75 Å². The first-order valence-corrected chi connectivity index (χ1v) is 12.1. The number of likely N-dealkylation sites (tertiary alicyclic amines) is 1. The summed E-state index contributed by atoms with van der Waals surface area (Å²) in [6, 6.07) is 14.8. The van der Waals surface area contributed by atoms with Crippen molar-refractivity contribution in [1.82, 2.24) is 9.88 Å². The summed E-state index contributed by atoms with van der Waals surface area (Å²) in [5.41, 5.74) is 2.32. The zero-order valence-corrected chi connectivity index (χ0v) is 20.1. The van der Waals surface area contributed by atoms with E-state index in [1.54, 1.807) is 19.4 Å². The van der Waals surface area contributed by atoms with Gasteiger partial charge in [-0.15, -0.1) is 0 Å². The van der Waals surface area contributed by atoms with Gasteiger partial charge in [0, 0.05) is 35.3 Å². The molecule has 2 aromatic carbocycles. The van der Waals surface area contributed by atoms with Crippen molar-refractivity contribution in [2.75, 3.05) is 33.4 Å². The van der Waals surface area contributed by atoms with E-state index in [1.165, 1.54) is 0 Å². The molecule has 3 atom stereocenters. The number of hydrogen-bond acceptors (Lipinski definition) is 4. The van der Waals surface area contributed by atoms with Crippen LogP contribution in [0.2, 0.25) is 5.02 Å². The van der Waals surface area contributed by atoms with Crippen molar-refractivity contribution in [3.63, 3.8) is 0 Å². The van der Waals surface area contributed by atoms with Crippen LogP contribution in [0.25, 0.3) is 10.9 Å². The highest BCUT2D eigenvalue weighted by atomic mass is 35.5. The molecule has 34 heavy (non-hydrogen) atoms. The number of aromatic nitrogens is 1. The molecule has 1 fully saturated rings. The number of hydrogen-bond donors (Lipinski definition) is 1. The van der Waals surface area contributed by atoms with E-state index in [9.17, 15) is 5.11 Å². The highest BCUT2D eigenvalue weighted by Crippen LogP contribution is 2.35. The Kier molecular flexibility index (Phi) is 8.39. The number of benzene rings is 2. The first-order chi connectivity index (χ1) is 16.6. The third-order valence-electron chi connectivity index (χ3n) is 6.68. The Morgan fingerprint density at radius 2 is 2.12 bits per heavy atom. The molecule has 1 N–H and O–H groups in total. The third kappa shape index (κ3) is 6.07. The van der Waals surface area contributed by atoms with Gasteiger partial charge in [-0.05, 0) is 85.7 Å². The fourth-order valence-corrected chi connectivity index (χ4v) is 4.96. The van der Waals surface area contributed by atoms with E-state index in [2.05, 4.69) is 21.7 Å². The normalized spacial score (nSPS) is 19.4. The van der Waals surface area contributed by atoms with Crippen LogP contribution in [0, 0.1) is 23.7 Å². The molecule has 178 valence electrons. The molecule has 2 heterocycles.